The maximum atomic E-state index is 9.70. The van der Waals surface area contributed by atoms with E-state index in [1.807, 2.05) is 18.2 Å². The summed E-state index contributed by atoms with van der Waals surface area (Å²) in [6.07, 6.45) is 0. The third-order valence-electron chi connectivity index (χ3n) is 4.02. The number of methoxy groups -OCH3 is 1. The Morgan fingerprint density at radius 2 is 1.86 bits per heavy atom. The van der Waals surface area contributed by atoms with Crippen molar-refractivity contribution in [1.82, 2.24) is 4.57 Å². The third-order valence-corrected chi connectivity index (χ3v) is 4.02. The zero-order valence-electron chi connectivity index (χ0n) is 13.1. The van der Waals surface area contributed by atoms with Gasteiger partial charge < -0.3 is 9.30 Å². The summed E-state index contributed by atoms with van der Waals surface area (Å²) in [4.78, 5) is 0. The molecule has 0 aliphatic heterocycles. The van der Waals surface area contributed by atoms with Crippen molar-refractivity contribution in [3.63, 3.8) is 0 Å². The summed E-state index contributed by atoms with van der Waals surface area (Å²) >= 11 is 0. The molecule has 0 atom stereocenters. The van der Waals surface area contributed by atoms with E-state index in [9.17, 15) is 5.26 Å². The second-order valence-corrected chi connectivity index (χ2v) is 5.33. The van der Waals surface area contributed by atoms with Gasteiger partial charge in [0, 0.05) is 11.9 Å². The van der Waals surface area contributed by atoms with Gasteiger partial charge in [-0.1, -0.05) is 29.8 Å². The molecule has 0 spiro atoms. The van der Waals surface area contributed by atoms with Crippen LogP contribution in [0.3, 0.4) is 0 Å². The second kappa shape index (κ2) is 5.57. The predicted molar refractivity (Wildman–Crippen MR) is 89.1 cm³/mol. The molecule has 110 valence electrons. The van der Waals surface area contributed by atoms with Gasteiger partial charge >= 0.3 is 0 Å². The first-order valence-electron chi connectivity index (χ1n) is 7.37. The van der Waals surface area contributed by atoms with E-state index in [4.69, 9.17) is 4.74 Å². The van der Waals surface area contributed by atoms with Crippen LogP contribution < -0.4 is 4.74 Å². The molecule has 0 saturated heterocycles. The highest BCUT2D eigenvalue weighted by Crippen LogP contribution is 2.35. The van der Waals surface area contributed by atoms with Crippen molar-refractivity contribution < 1.29 is 4.74 Å². The highest BCUT2D eigenvalue weighted by atomic mass is 16.5. The molecule has 0 unspecified atom stereocenters. The van der Waals surface area contributed by atoms with E-state index < -0.39 is 0 Å². The molecule has 0 aliphatic rings. The lowest BCUT2D eigenvalue weighted by Crippen LogP contribution is -1.97. The van der Waals surface area contributed by atoms with Crippen LogP contribution >= 0.6 is 0 Å². The average molecular weight is 290 g/mol. The molecule has 1 aromatic heterocycles. The minimum absolute atomic E-state index is 0.708. The van der Waals surface area contributed by atoms with Gasteiger partial charge in [0.2, 0.25) is 0 Å². The number of fused-ring (bicyclic) bond motifs is 1. The van der Waals surface area contributed by atoms with Crippen molar-refractivity contribution in [2.45, 2.75) is 20.4 Å². The fourth-order valence-electron chi connectivity index (χ4n) is 2.91. The van der Waals surface area contributed by atoms with E-state index in [0.29, 0.717) is 5.56 Å². The monoisotopic (exact) mass is 290 g/mol. The van der Waals surface area contributed by atoms with Crippen molar-refractivity contribution >= 4 is 10.9 Å². The molecule has 2 aromatic carbocycles. The minimum atomic E-state index is 0.708. The quantitative estimate of drug-likeness (QED) is 0.711. The van der Waals surface area contributed by atoms with E-state index in [1.54, 1.807) is 7.11 Å². The average Bonchev–Trinajstić information content (AvgIpc) is 2.87. The number of benzene rings is 2. The molecule has 0 saturated carbocycles. The number of aryl methyl sites for hydroxylation is 2. The Kier molecular flexibility index (Phi) is 3.60. The van der Waals surface area contributed by atoms with E-state index in [-0.39, 0.29) is 0 Å². The highest BCUT2D eigenvalue weighted by molar-refractivity contribution is 5.95. The summed E-state index contributed by atoms with van der Waals surface area (Å²) in [6, 6.07) is 16.6. The standard InChI is InChI=1S/C19H18N2O/c1-4-21-18-10-9-15(22-3)11-16(18)17(12-20)19(21)14-7-5-13(2)6-8-14/h5-11H,4H2,1-3H3. The molecule has 3 aromatic rings. The Balaban J connectivity index is 2.37. The summed E-state index contributed by atoms with van der Waals surface area (Å²) in [6.45, 7) is 4.98. The van der Waals surface area contributed by atoms with Crippen LogP contribution in [0.2, 0.25) is 0 Å². The van der Waals surface area contributed by atoms with E-state index in [2.05, 4.69) is 48.7 Å². The predicted octanol–water partition coefficient (Wildman–Crippen LogP) is 4.52. The first-order chi connectivity index (χ1) is 10.7. The van der Waals surface area contributed by atoms with Crippen LogP contribution in [0.5, 0.6) is 5.75 Å². The molecule has 0 fully saturated rings. The molecule has 1 heterocycles. The Hall–Kier alpha value is -2.73. The van der Waals surface area contributed by atoms with Crippen molar-refractivity contribution in [1.29, 1.82) is 5.26 Å². The molecular weight excluding hydrogens is 272 g/mol. The van der Waals surface area contributed by atoms with Crippen LogP contribution in [0.4, 0.5) is 0 Å². The maximum absolute atomic E-state index is 9.70. The lowest BCUT2D eigenvalue weighted by atomic mass is 10.0. The Morgan fingerprint density at radius 1 is 1.14 bits per heavy atom. The fraction of sp³-hybridized carbons (Fsp3) is 0.211. The van der Waals surface area contributed by atoms with Crippen LogP contribution in [0.15, 0.2) is 42.5 Å². The number of ether oxygens (including phenoxy) is 1. The van der Waals surface area contributed by atoms with Gasteiger partial charge in [-0.05, 0) is 37.6 Å². The molecule has 3 rings (SSSR count). The van der Waals surface area contributed by atoms with Crippen LogP contribution in [0, 0.1) is 18.3 Å². The molecule has 3 heteroatoms. The first-order valence-corrected chi connectivity index (χ1v) is 7.37. The zero-order chi connectivity index (χ0) is 15.7. The summed E-state index contributed by atoms with van der Waals surface area (Å²) in [5, 5.41) is 10.6. The molecule has 0 aliphatic carbocycles. The molecule has 0 N–H and O–H groups in total. The van der Waals surface area contributed by atoms with Crippen molar-refractivity contribution in [2.24, 2.45) is 0 Å². The van der Waals surface area contributed by atoms with Crippen molar-refractivity contribution in [3.05, 3.63) is 53.6 Å². The summed E-state index contributed by atoms with van der Waals surface area (Å²) in [5.41, 5.74) is 5.03. The van der Waals surface area contributed by atoms with Crippen LogP contribution in [0.25, 0.3) is 22.2 Å². The lowest BCUT2D eigenvalue weighted by molar-refractivity contribution is 0.415. The van der Waals surface area contributed by atoms with E-state index in [1.165, 1.54) is 5.56 Å². The molecule has 0 bridgehead atoms. The number of aromatic nitrogens is 1. The van der Waals surface area contributed by atoms with Gasteiger partial charge in [0.05, 0.1) is 23.9 Å². The highest BCUT2D eigenvalue weighted by Gasteiger charge is 2.18. The van der Waals surface area contributed by atoms with Crippen LogP contribution in [-0.2, 0) is 6.54 Å². The van der Waals surface area contributed by atoms with Gasteiger partial charge in [0.15, 0.2) is 0 Å². The minimum Gasteiger partial charge on any atom is -0.497 e. The number of nitriles is 1. The summed E-state index contributed by atoms with van der Waals surface area (Å²) in [7, 11) is 1.64. The van der Waals surface area contributed by atoms with Crippen LogP contribution in [0.1, 0.15) is 18.1 Å². The van der Waals surface area contributed by atoms with Gasteiger partial charge in [-0.2, -0.15) is 5.26 Å². The molecule has 0 amide bonds. The SMILES string of the molecule is CCn1c(-c2ccc(C)cc2)c(C#N)c2cc(OC)ccc21. The normalized spacial score (nSPS) is 10.6. The third kappa shape index (κ3) is 2.14. The summed E-state index contributed by atoms with van der Waals surface area (Å²) in [5.74, 6) is 0.771. The number of nitrogens with zero attached hydrogens (tertiary/aromatic N) is 2. The van der Waals surface area contributed by atoms with E-state index in [0.717, 1.165) is 34.5 Å². The van der Waals surface area contributed by atoms with Gasteiger partial charge in [-0.15, -0.1) is 0 Å². The topological polar surface area (TPSA) is 38.0 Å². The largest absolute Gasteiger partial charge is 0.497 e. The molecular formula is C19H18N2O. The van der Waals surface area contributed by atoms with Gasteiger partial charge in [-0.25, -0.2) is 0 Å². The van der Waals surface area contributed by atoms with Gasteiger partial charge in [-0.3, -0.25) is 0 Å². The fourth-order valence-corrected chi connectivity index (χ4v) is 2.91. The summed E-state index contributed by atoms with van der Waals surface area (Å²) < 4.78 is 7.50. The maximum Gasteiger partial charge on any atom is 0.119 e. The molecule has 3 nitrogen and oxygen atoms in total. The van der Waals surface area contributed by atoms with Crippen LogP contribution in [-0.4, -0.2) is 11.7 Å². The number of hydrogen-bond acceptors (Lipinski definition) is 2. The molecule has 22 heavy (non-hydrogen) atoms. The first kappa shape index (κ1) is 14.2. The lowest BCUT2D eigenvalue weighted by Gasteiger charge is -2.09. The second-order valence-electron chi connectivity index (χ2n) is 5.33. The Bertz CT molecular complexity index is 867. The van der Waals surface area contributed by atoms with E-state index >= 15 is 0 Å². The zero-order valence-corrected chi connectivity index (χ0v) is 13.1. The smallest absolute Gasteiger partial charge is 0.119 e. The number of rotatable bonds is 3. The van der Waals surface area contributed by atoms with Crippen molar-refractivity contribution in [2.75, 3.05) is 7.11 Å². The van der Waals surface area contributed by atoms with Crippen molar-refractivity contribution in [3.8, 4) is 23.1 Å². The van der Waals surface area contributed by atoms with Gasteiger partial charge in [0.1, 0.15) is 11.8 Å². The number of hydrogen-bond donors (Lipinski definition) is 0. The molecule has 0 radical (unpaired) electrons. The Labute approximate surface area is 130 Å². The van der Waals surface area contributed by atoms with Gasteiger partial charge in [0.25, 0.3) is 0 Å². The Morgan fingerprint density at radius 3 is 2.45 bits per heavy atom.